The van der Waals surface area contributed by atoms with Gasteiger partial charge in [0.2, 0.25) is 0 Å². The lowest BCUT2D eigenvalue weighted by Gasteiger charge is -2.17. The highest BCUT2D eigenvalue weighted by Crippen LogP contribution is 2.22. The van der Waals surface area contributed by atoms with E-state index in [1.807, 2.05) is 30.3 Å². The van der Waals surface area contributed by atoms with E-state index in [0.29, 0.717) is 4.47 Å². The van der Waals surface area contributed by atoms with Gasteiger partial charge < -0.3 is 15.5 Å². The van der Waals surface area contributed by atoms with Gasteiger partial charge in [0.1, 0.15) is 5.75 Å². The fourth-order valence-electron chi connectivity index (χ4n) is 1.85. The molecule has 2 aromatic carbocycles. The number of halogens is 1. The molecule has 1 atom stereocenters. The Morgan fingerprint density at radius 2 is 1.90 bits per heavy atom. The molecule has 4 nitrogen and oxygen atoms in total. The molecule has 20 heavy (non-hydrogen) atoms. The van der Waals surface area contributed by atoms with Crippen LogP contribution in [0.4, 0.5) is 0 Å². The van der Waals surface area contributed by atoms with Crippen LogP contribution in [-0.2, 0) is 0 Å². The number of aliphatic hydroxyl groups is 1. The number of benzene rings is 2. The normalized spacial score (nSPS) is 11.9. The van der Waals surface area contributed by atoms with Gasteiger partial charge in [-0.15, -0.1) is 0 Å². The number of hydrogen-bond acceptors (Lipinski definition) is 3. The van der Waals surface area contributed by atoms with E-state index in [2.05, 4.69) is 21.2 Å². The van der Waals surface area contributed by atoms with Gasteiger partial charge in [-0.1, -0.05) is 46.3 Å². The van der Waals surface area contributed by atoms with Crippen molar-refractivity contribution in [1.29, 1.82) is 0 Å². The molecule has 2 rings (SSSR count). The molecule has 0 bridgehead atoms. The van der Waals surface area contributed by atoms with Gasteiger partial charge in [0.25, 0.3) is 5.91 Å². The Morgan fingerprint density at radius 1 is 1.20 bits per heavy atom. The average molecular weight is 336 g/mol. The molecule has 0 fully saturated rings. The van der Waals surface area contributed by atoms with Crippen LogP contribution in [0.25, 0.3) is 0 Å². The number of phenols is 1. The standard InChI is InChI=1S/C15H14BrNO3/c16-11-6-7-14(19)12(8-11)15(20)17-13(9-18)10-4-2-1-3-5-10/h1-8,13,18-19H,9H2,(H,17,20)/t13-/m0/s1. The molecule has 2 aromatic rings. The summed E-state index contributed by atoms with van der Waals surface area (Å²) in [4.78, 5) is 12.2. The fraction of sp³-hybridized carbons (Fsp3) is 0.133. The molecular formula is C15H14BrNO3. The van der Waals surface area contributed by atoms with Crippen LogP contribution in [0.5, 0.6) is 5.75 Å². The zero-order chi connectivity index (χ0) is 14.5. The monoisotopic (exact) mass is 335 g/mol. The van der Waals surface area contributed by atoms with Crippen molar-refractivity contribution >= 4 is 21.8 Å². The Hall–Kier alpha value is -1.85. The van der Waals surface area contributed by atoms with Crippen molar-refractivity contribution in [3.63, 3.8) is 0 Å². The second kappa shape index (κ2) is 6.54. The highest BCUT2D eigenvalue weighted by atomic mass is 79.9. The molecule has 0 aliphatic rings. The van der Waals surface area contributed by atoms with Gasteiger partial charge in [0.05, 0.1) is 18.2 Å². The summed E-state index contributed by atoms with van der Waals surface area (Å²) in [7, 11) is 0. The highest BCUT2D eigenvalue weighted by molar-refractivity contribution is 9.10. The lowest BCUT2D eigenvalue weighted by atomic mass is 10.1. The lowest BCUT2D eigenvalue weighted by molar-refractivity contribution is 0.0913. The van der Waals surface area contributed by atoms with Crippen molar-refractivity contribution in [1.82, 2.24) is 5.32 Å². The number of phenolic OH excluding ortho intramolecular Hbond substituents is 1. The molecule has 0 saturated heterocycles. The zero-order valence-corrected chi connectivity index (χ0v) is 12.2. The maximum Gasteiger partial charge on any atom is 0.255 e. The van der Waals surface area contributed by atoms with Gasteiger partial charge in [-0.2, -0.15) is 0 Å². The Kier molecular flexibility index (Phi) is 4.76. The second-order valence-electron chi connectivity index (χ2n) is 4.28. The predicted molar refractivity (Wildman–Crippen MR) is 79.5 cm³/mol. The predicted octanol–water partition coefficient (Wildman–Crippen LogP) is 2.62. The Labute approximate surface area is 125 Å². The lowest BCUT2D eigenvalue weighted by Crippen LogP contribution is -2.30. The summed E-state index contributed by atoms with van der Waals surface area (Å²) >= 11 is 3.25. The van der Waals surface area contributed by atoms with E-state index in [0.717, 1.165) is 5.56 Å². The largest absolute Gasteiger partial charge is 0.507 e. The average Bonchev–Trinajstić information content (AvgIpc) is 2.48. The molecule has 104 valence electrons. The van der Waals surface area contributed by atoms with Crippen LogP contribution in [0.15, 0.2) is 53.0 Å². The first-order valence-electron chi connectivity index (χ1n) is 6.07. The van der Waals surface area contributed by atoms with Crippen molar-refractivity contribution in [3.05, 3.63) is 64.1 Å². The number of amides is 1. The van der Waals surface area contributed by atoms with E-state index in [-0.39, 0.29) is 17.9 Å². The maximum absolute atomic E-state index is 12.2. The molecule has 0 radical (unpaired) electrons. The molecule has 5 heteroatoms. The molecule has 0 saturated carbocycles. The quantitative estimate of drug-likeness (QED) is 0.804. The van der Waals surface area contributed by atoms with Crippen LogP contribution < -0.4 is 5.32 Å². The number of aliphatic hydroxyl groups excluding tert-OH is 1. The number of aromatic hydroxyl groups is 1. The Balaban J connectivity index is 2.20. The maximum atomic E-state index is 12.2. The minimum atomic E-state index is -0.512. The molecule has 0 aliphatic heterocycles. The SMILES string of the molecule is O=C(N[C@@H](CO)c1ccccc1)c1cc(Br)ccc1O. The molecule has 3 N–H and O–H groups in total. The molecule has 0 heterocycles. The van der Waals surface area contributed by atoms with Gasteiger partial charge >= 0.3 is 0 Å². The van der Waals surface area contributed by atoms with E-state index in [9.17, 15) is 15.0 Å². The Bertz CT molecular complexity index is 601. The summed E-state index contributed by atoms with van der Waals surface area (Å²) in [5, 5.41) is 21.8. The molecule has 0 spiro atoms. The fourth-order valence-corrected chi connectivity index (χ4v) is 2.21. The minimum Gasteiger partial charge on any atom is -0.507 e. The van der Waals surface area contributed by atoms with E-state index < -0.39 is 11.9 Å². The van der Waals surface area contributed by atoms with E-state index >= 15 is 0 Å². The molecule has 1 amide bonds. The molecular weight excluding hydrogens is 322 g/mol. The first kappa shape index (κ1) is 14.6. The number of nitrogens with one attached hydrogen (secondary N) is 1. The summed E-state index contributed by atoms with van der Waals surface area (Å²) in [5.74, 6) is -0.540. The highest BCUT2D eigenvalue weighted by Gasteiger charge is 2.17. The van der Waals surface area contributed by atoms with Gasteiger partial charge in [-0.05, 0) is 23.8 Å². The topological polar surface area (TPSA) is 69.6 Å². The van der Waals surface area contributed by atoms with Gasteiger partial charge in [-0.3, -0.25) is 4.79 Å². The summed E-state index contributed by atoms with van der Waals surface area (Å²) in [5.41, 5.74) is 0.964. The number of carbonyl (C=O) groups excluding carboxylic acids is 1. The molecule has 0 unspecified atom stereocenters. The van der Waals surface area contributed by atoms with Crippen LogP contribution in [0.2, 0.25) is 0 Å². The molecule has 0 aliphatic carbocycles. The van der Waals surface area contributed by atoms with Crippen LogP contribution in [0, 0.1) is 0 Å². The van der Waals surface area contributed by atoms with Crippen molar-refractivity contribution < 1.29 is 15.0 Å². The van der Waals surface area contributed by atoms with Crippen LogP contribution >= 0.6 is 15.9 Å². The summed E-state index contributed by atoms with van der Waals surface area (Å²) in [6, 6.07) is 13.3. The van der Waals surface area contributed by atoms with E-state index in [1.165, 1.54) is 12.1 Å². The zero-order valence-electron chi connectivity index (χ0n) is 10.6. The number of carbonyl (C=O) groups is 1. The number of hydrogen-bond donors (Lipinski definition) is 3. The van der Waals surface area contributed by atoms with Crippen molar-refractivity contribution in [2.75, 3.05) is 6.61 Å². The van der Waals surface area contributed by atoms with E-state index in [1.54, 1.807) is 6.07 Å². The summed E-state index contributed by atoms with van der Waals surface area (Å²) in [6.45, 7) is -0.218. The molecule has 0 aromatic heterocycles. The first-order chi connectivity index (χ1) is 9.61. The van der Waals surface area contributed by atoms with Crippen LogP contribution in [0.1, 0.15) is 22.0 Å². The van der Waals surface area contributed by atoms with Crippen molar-refractivity contribution in [3.8, 4) is 5.75 Å². The van der Waals surface area contributed by atoms with Gasteiger partial charge in [-0.25, -0.2) is 0 Å². The smallest absolute Gasteiger partial charge is 0.255 e. The van der Waals surface area contributed by atoms with E-state index in [4.69, 9.17) is 0 Å². The van der Waals surface area contributed by atoms with Crippen LogP contribution in [-0.4, -0.2) is 22.7 Å². The number of rotatable bonds is 4. The summed E-state index contributed by atoms with van der Waals surface area (Å²) in [6.07, 6.45) is 0. The first-order valence-corrected chi connectivity index (χ1v) is 6.86. The van der Waals surface area contributed by atoms with Crippen molar-refractivity contribution in [2.24, 2.45) is 0 Å². The summed E-state index contributed by atoms with van der Waals surface area (Å²) < 4.78 is 0.695. The third kappa shape index (κ3) is 3.37. The third-order valence-corrected chi connectivity index (χ3v) is 3.39. The third-order valence-electron chi connectivity index (χ3n) is 2.89. The minimum absolute atomic E-state index is 0.101. The van der Waals surface area contributed by atoms with Gasteiger partial charge in [0.15, 0.2) is 0 Å². The van der Waals surface area contributed by atoms with Crippen LogP contribution in [0.3, 0.4) is 0 Å². The van der Waals surface area contributed by atoms with Crippen molar-refractivity contribution in [2.45, 2.75) is 6.04 Å². The van der Waals surface area contributed by atoms with Gasteiger partial charge in [0, 0.05) is 4.47 Å². The Morgan fingerprint density at radius 3 is 2.55 bits per heavy atom. The second-order valence-corrected chi connectivity index (χ2v) is 5.20.